The molecule has 0 unspecified atom stereocenters. The van der Waals surface area contributed by atoms with E-state index in [1.165, 1.54) is 16.2 Å². The van der Waals surface area contributed by atoms with Gasteiger partial charge in [0.05, 0.1) is 17.3 Å². The summed E-state index contributed by atoms with van der Waals surface area (Å²) in [6.07, 6.45) is 1.73. The van der Waals surface area contributed by atoms with E-state index < -0.39 is 0 Å². The van der Waals surface area contributed by atoms with E-state index in [0.29, 0.717) is 13.1 Å². The summed E-state index contributed by atoms with van der Waals surface area (Å²) >= 11 is 3.16. The molecule has 1 aliphatic rings. The fraction of sp³-hybridized carbons (Fsp3) is 0.412. The summed E-state index contributed by atoms with van der Waals surface area (Å²) in [4.78, 5) is 29.8. The first kappa shape index (κ1) is 16.2. The quantitative estimate of drug-likeness (QED) is 0.922. The minimum Gasteiger partial charge on any atom is -0.351 e. The van der Waals surface area contributed by atoms with Crippen molar-refractivity contribution in [3.63, 3.8) is 0 Å². The molecule has 1 atom stereocenters. The molecule has 1 N–H and O–H groups in total. The van der Waals surface area contributed by atoms with Crippen LogP contribution >= 0.6 is 22.7 Å². The van der Waals surface area contributed by atoms with E-state index in [1.807, 2.05) is 28.5 Å². The molecular formula is C17H20N2O2S2. The van der Waals surface area contributed by atoms with Crippen molar-refractivity contribution in [1.82, 2.24) is 10.2 Å². The minimum absolute atomic E-state index is 0.0476. The van der Waals surface area contributed by atoms with Crippen molar-refractivity contribution < 1.29 is 9.59 Å². The number of nitrogens with one attached hydrogen (secondary N) is 1. The lowest BCUT2D eigenvalue weighted by Crippen LogP contribution is -2.45. The highest BCUT2D eigenvalue weighted by molar-refractivity contribution is 7.12. The lowest BCUT2D eigenvalue weighted by Gasteiger charge is -2.31. The van der Waals surface area contributed by atoms with Gasteiger partial charge in [-0.2, -0.15) is 0 Å². The Balaban J connectivity index is 1.55. The molecule has 4 nitrogen and oxygen atoms in total. The van der Waals surface area contributed by atoms with Gasteiger partial charge in [0.25, 0.3) is 5.91 Å². The number of piperidine rings is 1. The standard InChI is InChI=1S/C17H20N2O2S2/c1-12-6-7-14(23-12)10-18-16(20)13-4-2-8-19(11-13)17(21)15-5-3-9-22-15/h3,5-7,9,13H,2,4,8,10-11H2,1H3,(H,18,20)/t13-/m1/s1. The zero-order valence-corrected chi connectivity index (χ0v) is 14.7. The van der Waals surface area contributed by atoms with Gasteiger partial charge < -0.3 is 10.2 Å². The molecular weight excluding hydrogens is 328 g/mol. The summed E-state index contributed by atoms with van der Waals surface area (Å²) in [5.41, 5.74) is 0. The molecule has 3 rings (SSSR count). The second-order valence-corrected chi connectivity index (χ2v) is 8.12. The summed E-state index contributed by atoms with van der Waals surface area (Å²) in [5.74, 6) is -0.000152. The Hall–Kier alpha value is -1.66. The van der Waals surface area contributed by atoms with Gasteiger partial charge in [-0.05, 0) is 43.3 Å². The molecule has 122 valence electrons. The zero-order valence-electron chi connectivity index (χ0n) is 13.1. The summed E-state index contributed by atoms with van der Waals surface area (Å²) in [6.45, 7) is 3.90. The van der Waals surface area contributed by atoms with Gasteiger partial charge in [0, 0.05) is 22.8 Å². The fourth-order valence-corrected chi connectivity index (χ4v) is 4.35. The molecule has 0 spiro atoms. The molecule has 0 aliphatic carbocycles. The van der Waals surface area contributed by atoms with Crippen molar-refractivity contribution in [3.8, 4) is 0 Å². The lowest BCUT2D eigenvalue weighted by atomic mass is 9.97. The fourth-order valence-electron chi connectivity index (χ4n) is 2.83. The number of rotatable bonds is 4. The smallest absolute Gasteiger partial charge is 0.263 e. The first-order chi connectivity index (χ1) is 11.1. The summed E-state index contributed by atoms with van der Waals surface area (Å²) in [5, 5.41) is 4.92. The van der Waals surface area contributed by atoms with Crippen LogP contribution in [0.15, 0.2) is 29.6 Å². The van der Waals surface area contributed by atoms with Crippen molar-refractivity contribution in [1.29, 1.82) is 0 Å². The van der Waals surface area contributed by atoms with Crippen molar-refractivity contribution in [3.05, 3.63) is 44.3 Å². The third-order valence-corrected chi connectivity index (χ3v) is 5.90. The van der Waals surface area contributed by atoms with Gasteiger partial charge in [-0.25, -0.2) is 0 Å². The number of aryl methyl sites for hydroxylation is 1. The molecule has 23 heavy (non-hydrogen) atoms. The number of carbonyl (C=O) groups is 2. The van der Waals surface area contributed by atoms with Gasteiger partial charge in [0.2, 0.25) is 5.91 Å². The van der Waals surface area contributed by atoms with Gasteiger partial charge in [0.15, 0.2) is 0 Å². The van der Waals surface area contributed by atoms with E-state index in [9.17, 15) is 9.59 Å². The van der Waals surface area contributed by atoms with Crippen LogP contribution in [0.4, 0.5) is 0 Å². The maximum atomic E-state index is 12.4. The predicted octanol–water partition coefficient (Wildman–Crippen LogP) is 3.29. The van der Waals surface area contributed by atoms with Crippen LogP contribution in [0.3, 0.4) is 0 Å². The molecule has 6 heteroatoms. The average molecular weight is 348 g/mol. The summed E-state index contributed by atoms with van der Waals surface area (Å²) in [7, 11) is 0. The average Bonchev–Trinajstić information content (AvgIpc) is 3.23. The molecule has 2 aromatic heterocycles. The third-order valence-electron chi connectivity index (χ3n) is 4.04. The molecule has 0 aromatic carbocycles. The van der Waals surface area contributed by atoms with E-state index in [0.717, 1.165) is 29.1 Å². The Morgan fingerprint density at radius 2 is 2.22 bits per heavy atom. The van der Waals surface area contributed by atoms with Gasteiger partial charge in [-0.3, -0.25) is 9.59 Å². The summed E-state index contributed by atoms with van der Waals surface area (Å²) < 4.78 is 0. The maximum Gasteiger partial charge on any atom is 0.263 e. The number of nitrogens with zero attached hydrogens (tertiary/aromatic N) is 1. The third kappa shape index (κ3) is 4.00. The molecule has 2 amide bonds. The Morgan fingerprint density at radius 3 is 2.91 bits per heavy atom. The Kier molecular flexibility index (Phi) is 5.13. The van der Waals surface area contributed by atoms with Crippen LogP contribution < -0.4 is 5.32 Å². The van der Waals surface area contributed by atoms with Gasteiger partial charge in [-0.15, -0.1) is 22.7 Å². The first-order valence-corrected chi connectivity index (χ1v) is 9.49. The van der Waals surface area contributed by atoms with Crippen LogP contribution in [0.25, 0.3) is 0 Å². The molecule has 0 bridgehead atoms. The van der Waals surface area contributed by atoms with Gasteiger partial charge in [-0.1, -0.05) is 6.07 Å². The Morgan fingerprint density at radius 1 is 1.35 bits per heavy atom. The normalized spacial score (nSPS) is 18.0. The number of likely N-dealkylation sites (tertiary alicyclic amines) is 1. The molecule has 2 aromatic rings. The van der Waals surface area contributed by atoms with Crippen LogP contribution in [0.5, 0.6) is 0 Å². The molecule has 0 saturated carbocycles. The zero-order chi connectivity index (χ0) is 16.2. The Labute approximate surface area is 144 Å². The van der Waals surface area contributed by atoms with Gasteiger partial charge in [0.1, 0.15) is 0 Å². The highest BCUT2D eigenvalue weighted by atomic mass is 32.1. The van der Waals surface area contributed by atoms with E-state index >= 15 is 0 Å². The summed E-state index contributed by atoms with van der Waals surface area (Å²) in [6, 6.07) is 7.84. The van der Waals surface area contributed by atoms with Crippen molar-refractivity contribution in [2.24, 2.45) is 5.92 Å². The lowest BCUT2D eigenvalue weighted by molar-refractivity contribution is -0.126. The van der Waals surface area contributed by atoms with Crippen LogP contribution in [0, 0.1) is 12.8 Å². The minimum atomic E-state index is -0.103. The van der Waals surface area contributed by atoms with Crippen LogP contribution in [0.1, 0.15) is 32.3 Å². The molecule has 1 fully saturated rings. The predicted molar refractivity (Wildman–Crippen MR) is 93.8 cm³/mol. The molecule has 0 radical (unpaired) electrons. The van der Waals surface area contributed by atoms with Crippen LogP contribution in [0.2, 0.25) is 0 Å². The van der Waals surface area contributed by atoms with E-state index in [1.54, 1.807) is 11.3 Å². The highest BCUT2D eigenvalue weighted by Crippen LogP contribution is 2.21. The van der Waals surface area contributed by atoms with Crippen molar-refractivity contribution in [2.45, 2.75) is 26.3 Å². The first-order valence-electron chi connectivity index (χ1n) is 7.79. The second-order valence-electron chi connectivity index (χ2n) is 5.80. The largest absolute Gasteiger partial charge is 0.351 e. The second kappa shape index (κ2) is 7.27. The number of carbonyl (C=O) groups excluding carboxylic acids is 2. The van der Waals surface area contributed by atoms with E-state index in [-0.39, 0.29) is 17.7 Å². The van der Waals surface area contributed by atoms with Crippen LogP contribution in [-0.4, -0.2) is 29.8 Å². The number of amides is 2. The van der Waals surface area contributed by atoms with E-state index in [4.69, 9.17) is 0 Å². The number of hydrogen-bond acceptors (Lipinski definition) is 4. The topological polar surface area (TPSA) is 49.4 Å². The van der Waals surface area contributed by atoms with Crippen molar-refractivity contribution >= 4 is 34.5 Å². The maximum absolute atomic E-state index is 12.4. The number of thiophene rings is 2. The Bertz CT molecular complexity index is 679. The van der Waals surface area contributed by atoms with Gasteiger partial charge >= 0.3 is 0 Å². The number of hydrogen-bond donors (Lipinski definition) is 1. The monoisotopic (exact) mass is 348 g/mol. The van der Waals surface area contributed by atoms with Crippen molar-refractivity contribution in [2.75, 3.05) is 13.1 Å². The molecule has 3 heterocycles. The molecule has 1 saturated heterocycles. The highest BCUT2D eigenvalue weighted by Gasteiger charge is 2.29. The SMILES string of the molecule is Cc1ccc(CNC(=O)[C@@H]2CCCN(C(=O)c3cccs3)C2)s1. The van der Waals surface area contributed by atoms with E-state index in [2.05, 4.69) is 18.3 Å². The molecule has 1 aliphatic heterocycles. The van der Waals surface area contributed by atoms with Crippen LogP contribution in [-0.2, 0) is 11.3 Å².